The fraction of sp³-hybridized carbons (Fsp3) is 0.263. The fourth-order valence-corrected chi connectivity index (χ4v) is 5.57. The number of anilines is 1. The van der Waals surface area contributed by atoms with Crippen LogP contribution in [0.1, 0.15) is 5.56 Å². The van der Waals surface area contributed by atoms with Gasteiger partial charge in [-0.25, -0.2) is 18.2 Å². The lowest BCUT2D eigenvalue weighted by atomic mass is 10.2. The van der Waals surface area contributed by atoms with Crippen LogP contribution in [0.2, 0.25) is 0 Å². The van der Waals surface area contributed by atoms with E-state index in [-0.39, 0.29) is 15.6 Å². The number of hydrogen-bond acceptors (Lipinski definition) is 8. The van der Waals surface area contributed by atoms with Crippen LogP contribution < -0.4 is 10.5 Å². The van der Waals surface area contributed by atoms with Gasteiger partial charge in [0.15, 0.2) is 10.7 Å². The third-order valence-electron chi connectivity index (χ3n) is 4.89. The quantitative estimate of drug-likeness (QED) is 0.483. The number of benzene rings is 2. The van der Waals surface area contributed by atoms with Gasteiger partial charge in [-0.3, -0.25) is 14.6 Å². The summed E-state index contributed by atoms with van der Waals surface area (Å²) >= 11 is 1.28. The summed E-state index contributed by atoms with van der Waals surface area (Å²) in [7, 11) is -3.88. The Kier molecular flexibility index (Phi) is 4.82. The smallest absolute Gasteiger partial charge is 0.408 e. The van der Waals surface area contributed by atoms with Gasteiger partial charge < -0.3 is 9.15 Å². The predicted molar refractivity (Wildman–Crippen MR) is 113 cm³/mol. The molecule has 0 radical (unpaired) electrons. The van der Waals surface area contributed by atoms with Crippen LogP contribution in [-0.2, 0) is 21.3 Å². The molecule has 1 fully saturated rings. The van der Waals surface area contributed by atoms with E-state index in [4.69, 9.17) is 9.15 Å². The Bertz CT molecular complexity index is 1380. The summed E-state index contributed by atoms with van der Waals surface area (Å²) in [4.78, 5) is 20.5. The van der Waals surface area contributed by atoms with E-state index in [1.165, 1.54) is 29.5 Å². The highest BCUT2D eigenvalue weighted by atomic mass is 32.2. The van der Waals surface area contributed by atoms with Gasteiger partial charge in [0.2, 0.25) is 0 Å². The van der Waals surface area contributed by atoms with Crippen LogP contribution in [0.15, 0.2) is 50.5 Å². The van der Waals surface area contributed by atoms with Crippen LogP contribution in [-0.4, -0.2) is 49.6 Å². The Labute approximate surface area is 175 Å². The summed E-state index contributed by atoms with van der Waals surface area (Å²) in [5.74, 6) is -0.633. The minimum atomic E-state index is -3.88. The molecule has 1 aliphatic rings. The second-order valence-electron chi connectivity index (χ2n) is 6.99. The molecule has 0 saturated carbocycles. The van der Waals surface area contributed by atoms with Crippen LogP contribution in [0.3, 0.4) is 0 Å². The minimum Gasteiger partial charge on any atom is -0.408 e. The van der Waals surface area contributed by atoms with E-state index in [1.807, 2.05) is 18.2 Å². The number of rotatable bonds is 5. The summed E-state index contributed by atoms with van der Waals surface area (Å²) in [6.45, 7) is 4.11. The van der Waals surface area contributed by atoms with E-state index >= 15 is 0 Å². The van der Waals surface area contributed by atoms with E-state index in [1.54, 1.807) is 0 Å². The molecule has 0 spiro atoms. The average Bonchev–Trinajstić information content (AvgIpc) is 3.28. The van der Waals surface area contributed by atoms with Crippen molar-refractivity contribution in [3.8, 4) is 0 Å². The number of sulfonamides is 1. The number of hydrogen-bond donors (Lipinski definition) is 2. The van der Waals surface area contributed by atoms with E-state index in [0.717, 1.165) is 48.6 Å². The fourth-order valence-electron chi connectivity index (χ4n) is 3.40. The Hall–Kier alpha value is -2.73. The minimum absolute atomic E-state index is 0.00925. The number of aromatic amines is 1. The topological polar surface area (TPSA) is 118 Å². The number of aromatic nitrogens is 2. The first kappa shape index (κ1) is 19.2. The van der Waals surface area contributed by atoms with Crippen molar-refractivity contribution in [3.63, 3.8) is 0 Å². The largest absolute Gasteiger partial charge is 0.417 e. The molecule has 4 aromatic rings. The molecule has 2 aromatic carbocycles. The summed E-state index contributed by atoms with van der Waals surface area (Å²) in [5, 5.41) is 0.282. The molecule has 2 N–H and O–H groups in total. The molecule has 2 aromatic heterocycles. The van der Waals surface area contributed by atoms with Gasteiger partial charge in [0.05, 0.1) is 33.8 Å². The van der Waals surface area contributed by atoms with Crippen molar-refractivity contribution in [1.82, 2.24) is 14.9 Å². The Morgan fingerprint density at radius 2 is 2.00 bits per heavy atom. The number of nitrogens with one attached hydrogen (secondary N) is 2. The number of fused-ring (bicyclic) bond motifs is 2. The number of H-pyrrole nitrogens is 1. The van der Waals surface area contributed by atoms with Gasteiger partial charge in [-0.05, 0) is 29.8 Å². The first-order chi connectivity index (χ1) is 14.5. The van der Waals surface area contributed by atoms with Crippen LogP contribution in [0.4, 0.5) is 5.13 Å². The summed E-state index contributed by atoms with van der Waals surface area (Å²) in [6.07, 6.45) is 0. The molecule has 5 rings (SSSR count). The third kappa shape index (κ3) is 3.84. The predicted octanol–water partition coefficient (Wildman–Crippen LogP) is 2.36. The van der Waals surface area contributed by atoms with E-state index in [0.29, 0.717) is 5.52 Å². The number of oxazole rings is 1. The lowest BCUT2D eigenvalue weighted by Gasteiger charge is -2.26. The summed E-state index contributed by atoms with van der Waals surface area (Å²) < 4.78 is 39.3. The van der Waals surface area contributed by atoms with Crippen molar-refractivity contribution in [1.29, 1.82) is 0 Å². The first-order valence-electron chi connectivity index (χ1n) is 9.32. The molecule has 3 heterocycles. The van der Waals surface area contributed by atoms with E-state index in [9.17, 15) is 13.2 Å². The van der Waals surface area contributed by atoms with Gasteiger partial charge in [0.1, 0.15) is 0 Å². The molecule has 0 unspecified atom stereocenters. The zero-order valence-corrected chi connectivity index (χ0v) is 17.4. The molecular weight excluding hydrogens is 428 g/mol. The van der Waals surface area contributed by atoms with Gasteiger partial charge in [-0.1, -0.05) is 17.4 Å². The maximum atomic E-state index is 12.8. The first-order valence-corrected chi connectivity index (χ1v) is 11.6. The normalized spacial score (nSPS) is 15.7. The molecule has 30 heavy (non-hydrogen) atoms. The van der Waals surface area contributed by atoms with Crippen molar-refractivity contribution in [2.45, 2.75) is 11.4 Å². The van der Waals surface area contributed by atoms with Gasteiger partial charge in [0, 0.05) is 25.7 Å². The van der Waals surface area contributed by atoms with Crippen LogP contribution in [0.25, 0.3) is 21.3 Å². The Balaban J connectivity index is 1.38. The van der Waals surface area contributed by atoms with E-state index in [2.05, 4.69) is 19.6 Å². The van der Waals surface area contributed by atoms with E-state index < -0.39 is 15.8 Å². The van der Waals surface area contributed by atoms with Crippen molar-refractivity contribution < 1.29 is 17.6 Å². The zero-order valence-electron chi connectivity index (χ0n) is 15.8. The molecule has 0 amide bonds. The number of morpholine rings is 1. The van der Waals surface area contributed by atoms with Crippen LogP contribution in [0, 0.1) is 0 Å². The lowest BCUT2D eigenvalue weighted by molar-refractivity contribution is 0.0342. The van der Waals surface area contributed by atoms with Crippen molar-refractivity contribution in [2.75, 3.05) is 31.0 Å². The molecule has 0 aliphatic carbocycles. The molecule has 0 atom stereocenters. The average molecular weight is 447 g/mol. The molecule has 1 aliphatic heterocycles. The standard InChI is InChI=1S/C19H18N4O5S2/c24-19-21-14-4-2-13(10-16(14)28-19)30(25,26)22-18-20-15-3-1-12(9-17(15)29-18)11-23-5-7-27-8-6-23/h1-4,9-10H,5-8,11H2,(H,20,22)(H,21,24). The third-order valence-corrected chi connectivity index (χ3v) is 7.29. The van der Waals surface area contributed by atoms with Crippen molar-refractivity contribution in [2.24, 2.45) is 0 Å². The van der Waals surface area contributed by atoms with Gasteiger partial charge in [-0.15, -0.1) is 0 Å². The van der Waals surface area contributed by atoms with Gasteiger partial charge in [-0.2, -0.15) is 0 Å². The van der Waals surface area contributed by atoms with Crippen LogP contribution in [0.5, 0.6) is 0 Å². The molecule has 1 saturated heterocycles. The molecule has 9 nitrogen and oxygen atoms in total. The summed E-state index contributed by atoms with van der Waals surface area (Å²) in [5.41, 5.74) is 2.50. The van der Waals surface area contributed by atoms with Crippen molar-refractivity contribution in [3.05, 3.63) is 52.5 Å². The van der Waals surface area contributed by atoms with Crippen molar-refractivity contribution >= 4 is 47.8 Å². The second kappa shape index (κ2) is 7.51. The monoisotopic (exact) mass is 446 g/mol. The molecule has 11 heteroatoms. The maximum Gasteiger partial charge on any atom is 0.417 e. The Morgan fingerprint density at radius 1 is 1.17 bits per heavy atom. The summed E-state index contributed by atoms with van der Waals surface area (Å²) in [6, 6.07) is 10.2. The molecule has 0 bridgehead atoms. The highest BCUT2D eigenvalue weighted by molar-refractivity contribution is 7.93. The number of ether oxygens (including phenoxy) is 1. The number of thiazole rings is 1. The van der Waals surface area contributed by atoms with Gasteiger partial charge in [0.25, 0.3) is 10.0 Å². The Morgan fingerprint density at radius 3 is 2.83 bits per heavy atom. The lowest BCUT2D eigenvalue weighted by Crippen LogP contribution is -2.35. The van der Waals surface area contributed by atoms with Gasteiger partial charge >= 0.3 is 5.76 Å². The number of nitrogens with zero attached hydrogens (tertiary/aromatic N) is 2. The molecule has 156 valence electrons. The highest BCUT2D eigenvalue weighted by Crippen LogP contribution is 2.29. The van der Waals surface area contributed by atoms with Crippen LogP contribution >= 0.6 is 11.3 Å². The highest BCUT2D eigenvalue weighted by Gasteiger charge is 2.19. The zero-order chi connectivity index (χ0) is 20.7. The molecular formula is C19H18N4O5S2. The second-order valence-corrected chi connectivity index (χ2v) is 9.70. The maximum absolute atomic E-state index is 12.8. The SMILES string of the molecule is O=c1[nH]c2ccc(S(=O)(=O)Nc3nc4ccc(CN5CCOCC5)cc4s3)cc2o1.